The van der Waals surface area contributed by atoms with Gasteiger partial charge in [-0.2, -0.15) is 0 Å². The number of benzene rings is 2. The minimum Gasteiger partial charge on any atom is -0.495 e. The molecule has 0 radical (unpaired) electrons. The summed E-state index contributed by atoms with van der Waals surface area (Å²) in [5.41, 5.74) is 2.06. The molecule has 0 bridgehead atoms. The lowest BCUT2D eigenvalue weighted by molar-refractivity contribution is 0.0697. The van der Waals surface area contributed by atoms with Crippen molar-refractivity contribution in [3.63, 3.8) is 0 Å². The van der Waals surface area contributed by atoms with Crippen molar-refractivity contribution in [2.24, 2.45) is 0 Å². The van der Waals surface area contributed by atoms with Gasteiger partial charge in [0.2, 0.25) is 0 Å². The van der Waals surface area contributed by atoms with E-state index >= 15 is 0 Å². The summed E-state index contributed by atoms with van der Waals surface area (Å²) in [5.74, 6) is -0.495. The fourth-order valence-corrected chi connectivity index (χ4v) is 2.22. The second-order valence-corrected chi connectivity index (χ2v) is 4.74. The Hall–Kier alpha value is -2.60. The van der Waals surface area contributed by atoms with E-state index < -0.39 is 5.97 Å². The van der Waals surface area contributed by atoms with Crippen LogP contribution in [0.15, 0.2) is 36.4 Å². The third-order valence-corrected chi connectivity index (χ3v) is 3.38. The van der Waals surface area contributed by atoms with Gasteiger partial charge in [-0.05, 0) is 30.3 Å². The summed E-state index contributed by atoms with van der Waals surface area (Å²) in [5, 5.41) is 17.6. The molecule has 0 saturated heterocycles. The van der Waals surface area contributed by atoms with Crippen molar-refractivity contribution in [3.8, 4) is 11.4 Å². The summed E-state index contributed by atoms with van der Waals surface area (Å²) in [6.07, 6.45) is 0. The second kappa shape index (κ2) is 5.06. The molecule has 106 valence electrons. The summed E-state index contributed by atoms with van der Waals surface area (Å²) in [6.45, 7) is 0. The van der Waals surface area contributed by atoms with E-state index in [0.29, 0.717) is 27.5 Å². The van der Waals surface area contributed by atoms with E-state index in [1.54, 1.807) is 28.9 Å². The molecule has 0 atom stereocenters. The normalized spacial score (nSPS) is 10.8. The van der Waals surface area contributed by atoms with E-state index in [2.05, 4.69) is 10.3 Å². The molecule has 1 N–H and O–H groups in total. The number of carbonyl (C=O) groups is 1. The molecule has 0 saturated carbocycles. The smallest absolute Gasteiger partial charge is 0.335 e. The fraction of sp³-hybridized carbons (Fsp3) is 0.0714. The van der Waals surface area contributed by atoms with Crippen molar-refractivity contribution in [2.75, 3.05) is 7.11 Å². The van der Waals surface area contributed by atoms with Crippen molar-refractivity contribution < 1.29 is 14.6 Å². The van der Waals surface area contributed by atoms with Gasteiger partial charge in [-0.3, -0.25) is 0 Å². The molecule has 1 aromatic heterocycles. The molecule has 6 nitrogen and oxygen atoms in total. The molecule has 0 spiro atoms. The molecular formula is C14H10ClN3O3. The molecular weight excluding hydrogens is 294 g/mol. The number of fused-ring (bicyclic) bond motifs is 1. The number of hydrogen-bond donors (Lipinski definition) is 1. The largest absolute Gasteiger partial charge is 0.495 e. The quantitative estimate of drug-likeness (QED) is 0.805. The number of aromatic carboxylic acids is 1. The number of ether oxygens (including phenoxy) is 1. The number of aromatic nitrogens is 3. The van der Waals surface area contributed by atoms with Gasteiger partial charge in [0, 0.05) is 6.07 Å². The number of rotatable bonds is 3. The SMILES string of the molecule is COc1cc(-n2nnc3ccc(C(=O)O)cc32)ccc1Cl. The van der Waals surface area contributed by atoms with Crippen LogP contribution in [0.25, 0.3) is 16.7 Å². The average Bonchev–Trinajstić information content (AvgIpc) is 2.90. The van der Waals surface area contributed by atoms with Crippen LogP contribution in [0.4, 0.5) is 0 Å². The van der Waals surface area contributed by atoms with Gasteiger partial charge >= 0.3 is 5.97 Å². The third-order valence-electron chi connectivity index (χ3n) is 3.07. The Labute approximate surface area is 124 Å². The lowest BCUT2D eigenvalue weighted by Crippen LogP contribution is -2.00. The molecule has 0 fully saturated rings. The predicted molar refractivity (Wildman–Crippen MR) is 77.4 cm³/mol. The van der Waals surface area contributed by atoms with Crippen LogP contribution in [0.2, 0.25) is 5.02 Å². The van der Waals surface area contributed by atoms with Crippen LogP contribution < -0.4 is 4.74 Å². The maximum atomic E-state index is 11.1. The molecule has 3 rings (SSSR count). The van der Waals surface area contributed by atoms with Gasteiger partial charge in [0.05, 0.1) is 28.9 Å². The van der Waals surface area contributed by atoms with Gasteiger partial charge in [0.15, 0.2) is 0 Å². The highest BCUT2D eigenvalue weighted by Crippen LogP contribution is 2.28. The Morgan fingerprint density at radius 2 is 2.10 bits per heavy atom. The van der Waals surface area contributed by atoms with Gasteiger partial charge in [-0.15, -0.1) is 5.10 Å². The number of carboxylic acid groups (broad SMARTS) is 1. The molecule has 0 aliphatic rings. The van der Waals surface area contributed by atoms with Crippen molar-refractivity contribution in [1.82, 2.24) is 15.0 Å². The average molecular weight is 304 g/mol. The topological polar surface area (TPSA) is 77.2 Å². The van der Waals surface area contributed by atoms with Gasteiger partial charge in [0.25, 0.3) is 0 Å². The molecule has 0 unspecified atom stereocenters. The first-order chi connectivity index (χ1) is 10.1. The van der Waals surface area contributed by atoms with Crippen LogP contribution in [0.3, 0.4) is 0 Å². The Morgan fingerprint density at radius 1 is 1.29 bits per heavy atom. The number of halogens is 1. The van der Waals surface area contributed by atoms with Crippen LogP contribution in [0.1, 0.15) is 10.4 Å². The number of carboxylic acids is 1. The van der Waals surface area contributed by atoms with E-state index in [4.69, 9.17) is 21.4 Å². The van der Waals surface area contributed by atoms with Crippen molar-refractivity contribution in [3.05, 3.63) is 47.0 Å². The van der Waals surface area contributed by atoms with Crippen molar-refractivity contribution in [2.45, 2.75) is 0 Å². The highest BCUT2D eigenvalue weighted by molar-refractivity contribution is 6.32. The number of nitrogens with zero attached hydrogens (tertiary/aromatic N) is 3. The standard InChI is InChI=1S/C14H10ClN3O3/c1-21-13-7-9(3-4-10(13)15)18-12-6-8(14(19)20)2-5-11(12)16-17-18/h2-7H,1H3,(H,19,20). The van der Waals surface area contributed by atoms with Gasteiger partial charge in [0.1, 0.15) is 11.3 Å². The first-order valence-electron chi connectivity index (χ1n) is 6.03. The van der Waals surface area contributed by atoms with E-state index in [0.717, 1.165) is 0 Å². The molecule has 0 aliphatic heterocycles. The molecule has 7 heteroatoms. The molecule has 3 aromatic rings. The van der Waals surface area contributed by atoms with Crippen LogP contribution in [0, 0.1) is 0 Å². The van der Waals surface area contributed by atoms with Crippen LogP contribution in [0.5, 0.6) is 5.75 Å². The lowest BCUT2D eigenvalue weighted by Gasteiger charge is -2.07. The zero-order chi connectivity index (χ0) is 15.0. The van der Waals surface area contributed by atoms with Crippen LogP contribution in [-0.4, -0.2) is 33.2 Å². The van der Waals surface area contributed by atoms with Crippen molar-refractivity contribution in [1.29, 1.82) is 0 Å². The first-order valence-corrected chi connectivity index (χ1v) is 6.40. The van der Waals surface area contributed by atoms with E-state index in [9.17, 15) is 4.79 Å². The molecule has 2 aromatic carbocycles. The summed E-state index contributed by atoms with van der Waals surface area (Å²) in [4.78, 5) is 11.1. The van der Waals surface area contributed by atoms with E-state index in [1.165, 1.54) is 19.2 Å². The zero-order valence-corrected chi connectivity index (χ0v) is 11.7. The molecule has 1 heterocycles. The summed E-state index contributed by atoms with van der Waals surface area (Å²) in [6, 6.07) is 9.79. The van der Waals surface area contributed by atoms with E-state index in [-0.39, 0.29) is 5.56 Å². The molecule has 21 heavy (non-hydrogen) atoms. The van der Waals surface area contributed by atoms with Crippen molar-refractivity contribution >= 4 is 28.6 Å². The summed E-state index contributed by atoms with van der Waals surface area (Å²) < 4.78 is 6.71. The van der Waals surface area contributed by atoms with Crippen LogP contribution in [-0.2, 0) is 0 Å². The number of methoxy groups -OCH3 is 1. The highest BCUT2D eigenvalue weighted by atomic mass is 35.5. The highest BCUT2D eigenvalue weighted by Gasteiger charge is 2.12. The predicted octanol–water partition coefficient (Wildman–Crippen LogP) is 2.78. The van der Waals surface area contributed by atoms with Gasteiger partial charge in [-0.25, -0.2) is 9.48 Å². The minimum atomic E-state index is -1.00. The third kappa shape index (κ3) is 2.30. The Bertz CT molecular complexity index is 845. The van der Waals surface area contributed by atoms with Gasteiger partial charge in [-0.1, -0.05) is 16.8 Å². The van der Waals surface area contributed by atoms with E-state index in [1.807, 2.05) is 0 Å². The Balaban J connectivity index is 2.20. The monoisotopic (exact) mass is 303 g/mol. The minimum absolute atomic E-state index is 0.173. The zero-order valence-electron chi connectivity index (χ0n) is 10.9. The second-order valence-electron chi connectivity index (χ2n) is 4.33. The Morgan fingerprint density at radius 3 is 2.81 bits per heavy atom. The fourth-order valence-electron chi connectivity index (χ4n) is 2.02. The molecule has 0 amide bonds. The molecule has 0 aliphatic carbocycles. The summed E-state index contributed by atoms with van der Waals surface area (Å²) in [7, 11) is 1.52. The lowest BCUT2D eigenvalue weighted by atomic mass is 10.2. The maximum absolute atomic E-state index is 11.1. The van der Waals surface area contributed by atoms with Crippen LogP contribution >= 0.6 is 11.6 Å². The summed E-state index contributed by atoms with van der Waals surface area (Å²) >= 11 is 5.99. The maximum Gasteiger partial charge on any atom is 0.335 e. The van der Waals surface area contributed by atoms with Gasteiger partial charge < -0.3 is 9.84 Å². The Kier molecular flexibility index (Phi) is 3.23. The number of hydrogen-bond acceptors (Lipinski definition) is 4. The first kappa shape index (κ1) is 13.4.